The van der Waals surface area contributed by atoms with Gasteiger partial charge in [-0.3, -0.25) is 0 Å². The SMILES string of the molecule is COc1ccc(S(=O)(=O)N2CCCCCC2CBr)cc1. The molecular weight excluding hydrogens is 342 g/mol. The highest BCUT2D eigenvalue weighted by Gasteiger charge is 2.31. The number of halogens is 1. The molecule has 0 aromatic heterocycles. The Labute approximate surface area is 129 Å². The van der Waals surface area contributed by atoms with E-state index in [0.717, 1.165) is 25.7 Å². The van der Waals surface area contributed by atoms with E-state index in [1.54, 1.807) is 35.7 Å². The molecule has 1 heterocycles. The van der Waals surface area contributed by atoms with Crippen LogP contribution in [-0.2, 0) is 10.0 Å². The first-order valence-corrected chi connectivity index (χ1v) is 9.37. The molecular formula is C14H20BrNO3S. The second-order valence-corrected chi connectivity index (χ2v) is 7.49. The van der Waals surface area contributed by atoms with E-state index in [1.165, 1.54) is 0 Å². The van der Waals surface area contributed by atoms with Crippen LogP contribution in [0, 0.1) is 0 Å². The molecule has 2 rings (SSSR count). The second-order valence-electron chi connectivity index (χ2n) is 4.95. The minimum Gasteiger partial charge on any atom is -0.497 e. The summed E-state index contributed by atoms with van der Waals surface area (Å²) in [6.07, 6.45) is 4.03. The van der Waals surface area contributed by atoms with Crippen molar-refractivity contribution < 1.29 is 13.2 Å². The van der Waals surface area contributed by atoms with Crippen LogP contribution in [-0.4, -0.2) is 37.7 Å². The zero-order chi connectivity index (χ0) is 14.6. The van der Waals surface area contributed by atoms with Crippen molar-refractivity contribution >= 4 is 26.0 Å². The lowest BCUT2D eigenvalue weighted by Gasteiger charge is -2.27. The standard InChI is InChI=1S/C14H20BrNO3S/c1-19-13-6-8-14(9-7-13)20(17,18)16-10-4-2-3-5-12(16)11-15/h6-9,12H,2-5,10-11H2,1H3. The predicted octanol–water partition coefficient (Wildman–Crippen LogP) is 3.02. The summed E-state index contributed by atoms with van der Waals surface area (Å²) in [5.41, 5.74) is 0. The minimum absolute atomic E-state index is 0.0459. The molecule has 20 heavy (non-hydrogen) atoms. The fraction of sp³-hybridized carbons (Fsp3) is 0.571. The largest absolute Gasteiger partial charge is 0.497 e. The van der Waals surface area contributed by atoms with Crippen LogP contribution < -0.4 is 4.74 Å². The maximum absolute atomic E-state index is 12.8. The van der Waals surface area contributed by atoms with Crippen LogP contribution in [0.25, 0.3) is 0 Å². The Morgan fingerprint density at radius 1 is 1.25 bits per heavy atom. The molecule has 0 radical (unpaired) electrons. The van der Waals surface area contributed by atoms with Crippen molar-refractivity contribution in [1.82, 2.24) is 4.31 Å². The van der Waals surface area contributed by atoms with E-state index < -0.39 is 10.0 Å². The molecule has 0 bridgehead atoms. The smallest absolute Gasteiger partial charge is 0.243 e. The first kappa shape index (κ1) is 15.8. The lowest BCUT2D eigenvalue weighted by molar-refractivity contribution is 0.347. The molecule has 1 aliphatic heterocycles. The van der Waals surface area contributed by atoms with E-state index in [4.69, 9.17) is 4.74 Å². The molecule has 0 saturated carbocycles. The predicted molar refractivity (Wildman–Crippen MR) is 82.9 cm³/mol. The van der Waals surface area contributed by atoms with Gasteiger partial charge >= 0.3 is 0 Å². The summed E-state index contributed by atoms with van der Waals surface area (Å²) in [5, 5.41) is 0.683. The lowest BCUT2D eigenvalue weighted by atomic mass is 10.1. The number of benzene rings is 1. The molecule has 1 aliphatic rings. The molecule has 0 N–H and O–H groups in total. The van der Waals surface area contributed by atoms with Crippen LogP contribution >= 0.6 is 15.9 Å². The second kappa shape index (κ2) is 6.91. The molecule has 1 aromatic rings. The van der Waals surface area contributed by atoms with Gasteiger partial charge in [0.25, 0.3) is 0 Å². The van der Waals surface area contributed by atoms with Crippen molar-refractivity contribution in [2.24, 2.45) is 0 Å². The van der Waals surface area contributed by atoms with Gasteiger partial charge in [0.15, 0.2) is 0 Å². The number of sulfonamides is 1. The number of alkyl halides is 1. The zero-order valence-corrected chi connectivity index (χ0v) is 14.0. The van der Waals surface area contributed by atoms with E-state index in [1.807, 2.05) is 0 Å². The molecule has 6 heteroatoms. The Balaban J connectivity index is 2.30. The first-order chi connectivity index (χ1) is 9.59. The molecule has 1 saturated heterocycles. The van der Waals surface area contributed by atoms with Gasteiger partial charge in [0.2, 0.25) is 10.0 Å². The third-order valence-corrected chi connectivity index (χ3v) is 6.38. The number of methoxy groups -OCH3 is 1. The van der Waals surface area contributed by atoms with Crippen LogP contribution in [0.1, 0.15) is 25.7 Å². The monoisotopic (exact) mass is 361 g/mol. The Kier molecular flexibility index (Phi) is 5.46. The minimum atomic E-state index is -3.42. The molecule has 1 fully saturated rings. The van der Waals surface area contributed by atoms with Crippen LogP contribution in [0.4, 0.5) is 0 Å². The lowest BCUT2D eigenvalue weighted by Crippen LogP contribution is -2.40. The van der Waals surface area contributed by atoms with Crippen molar-refractivity contribution in [3.8, 4) is 5.75 Å². The van der Waals surface area contributed by atoms with Crippen LogP contribution in [0.2, 0.25) is 0 Å². The Hall–Kier alpha value is -0.590. The molecule has 1 unspecified atom stereocenters. The molecule has 0 spiro atoms. The molecule has 112 valence electrons. The average Bonchev–Trinajstić information content (AvgIpc) is 2.73. The highest BCUT2D eigenvalue weighted by Crippen LogP contribution is 2.26. The third-order valence-electron chi connectivity index (χ3n) is 3.67. The first-order valence-electron chi connectivity index (χ1n) is 6.81. The number of rotatable bonds is 4. The average molecular weight is 362 g/mol. The van der Waals surface area contributed by atoms with Gasteiger partial charge in [-0.1, -0.05) is 28.8 Å². The van der Waals surface area contributed by atoms with Gasteiger partial charge < -0.3 is 4.74 Å². The van der Waals surface area contributed by atoms with Gasteiger partial charge in [-0.05, 0) is 37.1 Å². The molecule has 1 atom stereocenters. The van der Waals surface area contributed by atoms with Crippen LogP contribution in [0.3, 0.4) is 0 Å². The van der Waals surface area contributed by atoms with Gasteiger partial charge in [0.05, 0.1) is 12.0 Å². The van der Waals surface area contributed by atoms with E-state index >= 15 is 0 Å². The van der Waals surface area contributed by atoms with Gasteiger partial charge in [-0.25, -0.2) is 8.42 Å². The number of nitrogens with zero attached hydrogens (tertiary/aromatic N) is 1. The zero-order valence-electron chi connectivity index (χ0n) is 11.6. The topological polar surface area (TPSA) is 46.6 Å². The Morgan fingerprint density at radius 3 is 2.55 bits per heavy atom. The number of ether oxygens (including phenoxy) is 1. The Bertz CT molecular complexity index is 530. The van der Waals surface area contributed by atoms with E-state index in [2.05, 4.69) is 15.9 Å². The van der Waals surface area contributed by atoms with Crippen molar-refractivity contribution in [3.63, 3.8) is 0 Å². The van der Waals surface area contributed by atoms with Gasteiger partial charge in [0, 0.05) is 17.9 Å². The van der Waals surface area contributed by atoms with Gasteiger partial charge in [-0.2, -0.15) is 4.31 Å². The van der Waals surface area contributed by atoms with Crippen molar-refractivity contribution in [2.45, 2.75) is 36.6 Å². The molecule has 0 amide bonds. The number of hydrogen-bond acceptors (Lipinski definition) is 3. The van der Waals surface area contributed by atoms with E-state index in [9.17, 15) is 8.42 Å². The van der Waals surface area contributed by atoms with Crippen molar-refractivity contribution in [3.05, 3.63) is 24.3 Å². The summed E-state index contributed by atoms with van der Waals surface area (Å²) >= 11 is 3.45. The van der Waals surface area contributed by atoms with Crippen LogP contribution in [0.15, 0.2) is 29.2 Å². The highest BCUT2D eigenvalue weighted by atomic mass is 79.9. The van der Waals surface area contributed by atoms with Gasteiger partial charge in [0.1, 0.15) is 5.75 Å². The van der Waals surface area contributed by atoms with Crippen molar-refractivity contribution in [2.75, 3.05) is 19.0 Å². The summed E-state index contributed by atoms with van der Waals surface area (Å²) < 4.78 is 32.3. The molecule has 0 aliphatic carbocycles. The Morgan fingerprint density at radius 2 is 1.95 bits per heavy atom. The maximum Gasteiger partial charge on any atom is 0.243 e. The molecule has 1 aromatic carbocycles. The summed E-state index contributed by atoms with van der Waals surface area (Å²) in [5.74, 6) is 0.664. The fourth-order valence-corrected chi connectivity index (χ4v) is 5.06. The maximum atomic E-state index is 12.8. The van der Waals surface area contributed by atoms with Crippen molar-refractivity contribution in [1.29, 1.82) is 0 Å². The quantitative estimate of drug-likeness (QED) is 0.774. The fourth-order valence-electron chi connectivity index (χ4n) is 2.50. The molecule has 4 nitrogen and oxygen atoms in total. The summed E-state index contributed by atoms with van der Waals surface area (Å²) in [4.78, 5) is 0.339. The summed E-state index contributed by atoms with van der Waals surface area (Å²) in [7, 11) is -1.86. The highest BCUT2D eigenvalue weighted by molar-refractivity contribution is 9.09. The number of hydrogen-bond donors (Lipinski definition) is 0. The van der Waals surface area contributed by atoms with E-state index in [-0.39, 0.29) is 6.04 Å². The van der Waals surface area contributed by atoms with E-state index in [0.29, 0.717) is 22.5 Å². The summed E-state index contributed by atoms with van der Waals surface area (Å²) in [6.45, 7) is 0.602. The third kappa shape index (κ3) is 3.35. The van der Waals surface area contributed by atoms with Crippen LogP contribution in [0.5, 0.6) is 5.75 Å². The summed E-state index contributed by atoms with van der Waals surface area (Å²) in [6, 6.07) is 6.65. The van der Waals surface area contributed by atoms with Gasteiger partial charge in [-0.15, -0.1) is 0 Å². The normalized spacial score (nSPS) is 21.4.